The van der Waals surface area contributed by atoms with Crippen LogP contribution in [0.5, 0.6) is 17.2 Å². The van der Waals surface area contributed by atoms with Crippen LogP contribution < -0.4 is 25.1 Å². The lowest BCUT2D eigenvalue weighted by Gasteiger charge is -2.16. The second kappa shape index (κ2) is 12.6. The summed E-state index contributed by atoms with van der Waals surface area (Å²) in [5.74, 6) is 1.21. The number of halogens is 1. The van der Waals surface area contributed by atoms with E-state index in [0.717, 1.165) is 10.9 Å². The van der Waals surface area contributed by atoms with E-state index in [1.165, 1.54) is 25.1 Å². The summed E-state index contributed by atoms with van der Waals surface area (Å²) >= 11 is 3.43. The molecule has 9 nitrogen and oxygen atoms in total. The highest BCUT2D eigenvalue weighted by molar-refractivity contribution is 9.10. The van der Waals surface area contributed by atoms with Crippen LogP contribution in [0, 0.1) is 0 Å². The molecule has 1 amide bonds. The monoisotopic (exact) mass is 592 g/mol. The molecule has 202 valence electrons. The molecular formula is C29H29BrN4O5. The summed E-state index contributed by atoms with van der Waals surface area (Å²) in [6.07, 6.45) is 2.32. The van der Waals surface area contributed by atoms with E-state index in [1.807, 2.05) is 44.2 Å². The number of fused-ring (bicyclic) bond motifs is 1. The number of carbonyl (C=O) groups excluding carboxylic acids is 1. The van der Waals surface area contributed by atoms with Crippen LogP contribution in [0.3, 0.4) is 0 Å². The first-order chi connectivity index (χ1) is 18.8. The maximum absolute atomic E-state index is 13.4. The summed E-state index contributed by atoms with van der Waals surface area (Å²) in [4.78, 5) is 30.5. The van der Waals surface area contributed by atoms with Gasteiger partial charge in [0, 0.05) is 21.6 Å². The van der Waals surface area contributed by atoms with Crippen LogP contribution in [-0.4, -0.2) is 42.6 Å². The number of hydrogen-bond donors (Lipinski definition) is 1. The van der Waals surface area contributed by atoms with Crippen LogP contribution >= 0.6 is 15.9 Å². The number of aromatic nitrogens is 2. The largest absolute Gasteiger partial charge is 0.493 e. The van der Waals surface area contributed by atoms with Crippen molar-refractivity contribution in [2.45, 2.75) is 26.2 Å². The summed E-state index contributed by atoms with van der Waals surface area (Å²) in [5.41, 5.74) is 1.61. The van der Waals surface area contributed by atoms with Gasteiger partial charge in [-0.1, -0.05) is 48.0 Å². The summed E-state index contributed by atoms with van der Waals surface area (Å²) in [6.45, 7) is 3.79. The Labute approximate surface area is 234 Å². The third-order valence-corrected chi connectivity index (χ3v) is 6.59. The molecule has 0 aliphatic carbocycles. The number of para-hydroxylation sites is 1. The molecule has 0 spiro atoms. The van der Waals surface area contributed by atoms with E-state index in [0.29, 0.717) is 39.5 Å². The maximum Gasteiger partial charge on any atom is 0.282 e. The van der Waals surface area contributed by atoms with Crippen LogP contribution in [0.1, 0.15) is 37.6 Å². The van der Waals surface area contributed by atoms with Crippen LogP contribution in [0.25, 0.3) is 10.9 Å². The van der Waals surface area contributed by atoms with E-state index >= 15 is 0 Å². The third kappa shape index (κ3) is 6.46. The van der Waals surface area contributed by atoms with Gasteiger partial charge < -0.3 is 19.5 Å². The molecule has 4 rings (SSSR count). The quantitative estimate of drug-likeness (QED) is 0.241. The summed E-state index contributed by atoms with van der Waals surface area (Å²) in [6, 6.07) is 17.9. The highest BCUT2D eigenvalue weighted by Crippen LogP contribution is 2.38. The van der Waals surface area contributed by atoms with E-state index in [9.17, 15) is 9.59 Å². The van der Waals surface area contributed by atoms with Crippen molar-refractivity contribution in [3.8, 4) is 17.2 Å². The van der Waals surface area contributed by atoms with Crippen LogP contribution in [-0.2, 0) is 4.79 Å². The fourth-order valence-corrected chi connectivity index (χ4v) is 4.24. The van der Waals surface area contributed by atoms with Crippen molar-refractivity contribution in [2.75, 3.05) is 26.1 Å². The zero-order chi connectivity index (χ0) is 27.9. The molecule has 0 saturated carbocycles. The normalized spacial score (nSPS) is 11.9. The molecule has 1 aromatic heterocycles. The second-order valence-electron chi connectivity index (χ2n) is 8.76. The number of ether oxygens (including phenoxy) is 3. The molecule has 0 aliphatic rings. The SMILES string of the molecule is CC[C@H](C)c1nc2ccc(Br)cc2c(=O)n1N=Cc1cc(OC)c(OCC(=O)Nc2ccccc2)c(OC)c1. The molecule has 39 heavy (non-hydrogen) atoms. The molecule has 0 saturated heterocycles. The van der Waals surface area contributed by atoms with Crippen LogP contribution in [0.4, 0.5) is 5.69 Å². The molecular weight excluding hydrogens is 564 g/mol. The van der Waals surface area contributed by atoms with Gasteiger partial charge in [-0.3, -0.25) is 9.59 Å². The lowest BCUT2D eigenvalue weighted by molar-refractivity contribution is -0.118. The number of methoxy groups -OCH3 is 2. The molecule has 3 aromatic carbocycles. The first-order valence-electron chi connectivity index (χ1n) is 12.3. The number of benzene rings is 3. The number of nitrogens with zero attached hydrogens (tertiary/aromatic N) is 3. The standard InChI is InChI=1S/C29H29BrN4O5/c1-5-18(2)28-33-23-12-11-20(30)15-22(23)29(36)34(28)31-16-19-13-24(37-3)27(25(14-19)38-4)39-17-26(35)32-21-9-7-6-8-10-21/h6-16,18H,5,17H2,1-4H3,(H,32,35)/t18-/m0/s1. The Kier molecular flexibility index (Phi) is 8.98. The molecule has 0 bridgehead atoms. The molecule has 0 fully saturated rings. The number of carbonyl (C=O) groups is 1. The Morgan fingerprint density at radius 1 is 1.10 bits per heavy atom. The molecule has 1 heterocycles. The number of nitrogens with one attached hydrogen (secondary N) is 1. The number of rotatable bonds is 10. The molecule has 1 N–H and O–H groups in total. The van der Waals surface area contributed by atoms with Crippen molar-refractivity contribution in [3.05, 3.63) is 86.9 Å². The predicted molar refractivity (Wildman–Crippen MR) is 156 cm³/mol. The molecule has 0 radical (unpaired) electrons. The van der Waals surface area contributed by atoms with E-state index in [4.69, 9.17) is 19.2 Å². The van der Waals surface area contributed by atoms with E-state index < -0.39 is 0 Å². The Balaban J connectivity index is 1.65. The zero-order valence-corrected chi connectivity index (χ0v) is 23.7. The lowest BCUT2D eigenvalue weighted by atomic mass is 10.1. The van der Waals surface area contributed by atoms with Gasteiger partial charge in [0.1, 0.15) is 5.82 Å². The smallest absolute Gasteiger partial charge is 0.282 e. The molecule has 10 heteroatoms. The zero-order valence-electron chi connectivity index (χ0n) is 22.1. The Morgan fingerprint density at radius 2 is 1.79 bits per heavy atom. The first kappa shape index (κ1) is 27.8. The topological polar surface area (TPSA) is 104 Å². The van der Waals surface area contributed by atoms with Crippen molar-refractivity contribution in [1.29, 1.82) is 0 Å². The van der Waals surface area contributed by atoms with Crippen molar-refractivity contribution in [2.24, 2.45) is 5.10 Å². The average Bonchev–Trinajstić information content (AvgIpc) is 2.95. The number of anilines is 1. The molecule has 0 unspecified atom stereocenters. The van der Waals surface area contributed by atoms with Crippen molar-refractivity contribution < 1.29 is 19.0 Å². The minimum Gasteiger partial charge on any atom is -0.493 e. The molecule has 0 aliphatic heterocycles. The minimum atomic E-state index is -0.330. The van der Waals surface area contributed by atoms with Gasteiger partial charge in [-0.15, -0.1) is 0 Å². The van der Waals surface area contributed by atoms with Gasteiger partial charge in [0.2, 0.25) is 5.75 Å². The summed E-state index contributed by atoms with van der Waals surface area (Å²) < 4.78 is 18.9. The fourth-order valence-electron chi connectivity index (χ4n) is 3.88. The van der Waals surface area contributed by atoms with Crippen molar-refractivity contribution in [3.63, 3.8) is 0 Å². The van der Waals surface area contributed by atoms with Crippen molar-refractivity contribution in [1.82, 2.24) is 9.66 Å². The second-order valence-corrected chi connectivity index (χ2v) is 9.68. The predicted octanol–water partition coefficient (Wildman–Crippen LogP) is 5.59. The third-order valence-electron chi connectivity index (χ3n) is 6.10. The van der Waals surface area contributed by atoms with Crippen molar-refractivity contribution >= 4 is 44.6 Å². The van der Waals surface area contributed by atoms with Crippen LogP contribution in [0.15, 0.2) is 75.0 Å². The van der Waals surface area contributed by atoms with Gasteiger partial charge >= 0.3 is 0 Å². The van der Waals surface area contributed by atoms with Gasteiger partial charge in [-0.05, 0) is 48.9 Å². The Hall–Kier alpha value is -4.18. The molecule has 1 atom stereocenters. The number of amides is 1. The minimum absolute atomic E-state index is 0.00442. The van der Waals surface area contributed by atoms with Gasteiger partial charge in [0.15, 0.2) is 18.1 Å². The Morgan fingerprint density at radius 3 is 2.44 bits per heavy atom. The molecule has 4 aromatic rings. The maximum atomic E-state index is 13.4. The average molecular weight is 593 g/mol. The van der Waals surface area contributed by atoms with E-state index in [-0.39, 0.29) is 29.7 Å². The van der Waals surface area contributed by atoms with Crippen LogP contribution in [0.2, 0.25) is 0 Å². The highest BCUT2D eigenvalue weighted by Gasteiger charge is 2.18. The van der Waals surface area contributed by atoms with E-state index in [1.54, 1.807) is 30.3 Å². The number of hydrogen-bond acceptors (Lipinski definition) is 7. The van der Waals surface area contributed by atoms with Gasteiger partial charge in [-0.2, -0.15) is 9.78 Å². The Bertz CT molecular complexity index is 1540. The summed E-state index contributed by atoms with van der Waals surface area (Å²) in [7, 11) is 2.98. The highest BCUT2D eigenvalue weighted by atomic mass is 79.9. The first-order valence-corrected chi connectivity index (χ1v) is 13.1. The van der Waals surface area contributed by atoms with Gasteiger partial charge in [0.05, 0.1) is 31.3 Å². The van der Waals surface area contributed by atoms with Gasteiger partial charge in [0.25, 0.3) is 11.5 Å². The van der Waals surface area contributed by atoms with Gasteiger partial charge in [-0.25, -0.2) is 4.98 Å². The van der Waals surface area contributed by atoms with E-state index in [2.05, 4.69) is 26.3 Å². The summed E-state index contributed by atoms with van der Waals surface area (Å²) in [5, 5.41) is 7.74. The lowest BCUT2D eigenvalue weighted by Crippen LogP contribution is -2.23. The fraction of sp³-hybridized carbons (Fsp3) is 0.241.